The predicted molar refractivity (Wildman–Crippen MR) is 111 cm³/mol. The van der Waals surface area contributed by atoms with E-state index in [0.717, 1.165) is 11.1 Å². The van der Waals surface area contributed by atoms with E-state index in [2.05, 4.69) is 0 Å². The van der Waals surface area contributed by atoms with E-state index in [-0.39, 0.29) is 17.3 Å². The minimum absolute atomic E-state index is 0.0739. The van der Waals surface area contributed by atoms with Gasteiger partial charge in [0.1, 0.15) is 11.5 Å². The normalized spacial score (nSPS) is 17.2. The molecule has 0 unspecified atom stereocenters. The van der Waals surface area contributed by atoms with E-state index in [1.54, 1.807) is 12.1 Å². The Labute approximate surface area is 164 Å². The first-order chi connectivity index (χ1) is 13.6. The number of ether oxygens (including phenoxy) is 2. The fraction of sp³-hybridized carbons (Fsp3) is 0.273. The molecule has 0 N–H and O–H groups in total. The van der Waals surface area contributed by atoms with Gasteiger partial charge in [0.15, 0.2) is 10.5 Å². The average Bonchev–Trinajstić information content (AvgIpc) is 2.73. The second-order valence-corrected chi connectivity index (χ2v) is 10.3. The van der Waals surface area contributed by atoms with E-state index >= 15 is 0 Å². The van der Waals surface area contributed by atoms with Crippen LogP contribution in [0.1, 0.15) is 6.92 Å². The third-order valence-corrected chi connectivity index (χ3v) is 8.49. The molecule has 1 aliphatic heterocycles. The Bertz CT molecular complexity index is 1050. The second-order valence-electron chi connectivity index (χ2n) is 6.80. The van der Waals surface area contributed by atoms with Crippen molar-refractivity contribution in [3.8, 4) is 11.1 Å². The molecule has 0 bridgehead atoms. The maximum atomic E-state index is 12.9. The van der Waals surface area contributed by atoms with E-state index in [9.17, 15) is 9.59 Å². The molecule has 146 valence electrons. The molecule has 2 aromatic carbocycles. The van der Waals surface area contributed by atoms with Gasteiger partial charge < -0.3 is 13.9 Å². The fourth-order valence-corrected chi connectivity index (χ4v) is 6.27. The molecule has 28 heavy (non-hydrogen) atoms. The molecule has 0 spiro atoms. The molecule has 6 heteroatoms. The van der Waals surface area contributed by atoms with Crippen LogP contribution in [0.2, 0.25) is 0 Å². The van der Waals surface area contributed by atoms with Gasteiger partial charge in [-0.25, -0.2) is 0 Å². The molecular formula is C22H22O5S. The number of benzene rings is 2. The maximum Gasteiger partial charge on any atom is 0.303 e. The van der Waals surface area contributed by atoms with Crippen molar-refractivity contribution in [2.75, 3.05) is 30.7 Å². The van der Waals surface area contributed by atoms with Gasteiger partial charge in [-0.1, -0.05) is 42.5 Å². The van der Waals surface area contributed by atoms with Crippen molar-refractivity contribution in [3.05, 3.63) is 64.8 Å². The van der Waals surface area contributed by atoms with Crippen LogP contribution in [0, 0.1) is 0 Å². The summed E-state index contributed by atoms with van der Waals surface area (Å²) in [6.07, 6.45) is 0. The number of hydrogen-bond acceptors (Lipinski definition) is 5. The first-order valence-corrected chi connectivity index (χ1v) is 11.3. The summed E-state index contributed by atoms with van der Waals surface area (Å²) in [5.74, 6) is 1.35. The zero-order chi connectivity index (χ0) is 19.6. The predicted octanol–water partition coefficient (Wildman–Crippen LogP) is 4.17. The lowest BCUT2D eigenvalue weighted by molar-refractivity contribution is -0.138. The summed E-state index contributed by atoms with van der Waals surface area (Å²) in [7, 11) is -1.62. The van der Waals surface area contributed by atoms with Gasteiger partial charge in [-0.15, -0.1) is 10.0 Å². The molecule has 5 nitrogen and oxygen atoms in total. The Morgan fingerprint density at radius 1 is 1.07 bits per heavy atom. The van der Waals surface area contributed by atoms with Crippen LogP contribution < -0.4 is 5.43 Å². The highest BCUT2D eigenvalue weighted by atomic mass is 32.3. The van der Waals surface area contributed by atoms with Gasteiger partial charge in [0.2, 0.25) is 0 Å². The summed E-state index contributed by atoms with van der Waals surface area (Å²) < 4.78 is 17.3. The molecule has 1 fully saturated rings. The maximum absolute atomic E-state index is 12.9. The molecule has 0 saturated carbocycles. The Kier molecular flexibility index (Phi) is 5.24. The topological polar surface area (TPSA) is 65.7 Å². The Balaban J connectivity index is 1.89. The number of para-hydroxylation sites is 1. The molecule has 0 radical (unpaired) electrons. The molecular weight excluding hydrogens is 376 g/mol. The summed E-state index contributed by atoms with van der Waals surface area (Å²) >= 11 is 0. The van der Waals surface area contributed by atoms with Gasteiger partial charge in [0.25, 0.3) is 0 Å². The van der Waals surface area contributed by atoms with Crippen molar-refractivity contribution in [2.24, 2.45) is 0 Å². The molecule has 0 amide bonds. The molecule has 1 aliphatic rings. The highest BCUT2D eigenvalue weighted by Crippen LogP contribution is 2.57. The summed E-state index contributed by atoms with van der Waals surface area (Å²) in [5.41, 5.74) is 2.38. The lowest BCUT2D eigenvalue weighted by Gasteiger charge is -2.40. The lowest BCUT2D eigenvalue weighted by atomic mass is 10.0. The summed E-state index contributed by atoms with van der Waals surface area (Å²) in [4.78, 5) is 24.4. The molecule has 0 aliphatic carbocycles. The highest BCUT2D eigenvalue weighted by Gasteiger charge is 2.34. The van der Waals surface area contributed by atoms with Gasteiger partial charge in [-0.2, -0.15) is 0 Å². The highest BCUT2D eigenvalue weighted by molar-refractivity contribution is 8.33. The quantitative estimate of drug-likeness (QED) is 0.617. The van der Waals surface area contributed by atoms with Crippen LogP contribution in [0.15, 0.2) is 68.9 Å². The number of fused-ring (bicyclic) bond motifs is 1. The zero-order valence-corrected chi connectivity index (χ0v) is 16.5. The first kappa shape index (κ1) is 18.8. The van der Waals surface area contributed by atoms with Gasteiger partial charge >= 0.3 is 5.97 Å². The van der Waals surface area contributed by atoms with Crippen LogP contribution >= 0.6 is 10.0 Å². The van der Waals surface area contributed by atoms with Crippen molar-refractivity contribution in [1.29, 1.82) is 0 Å². The van der Waals surface area contributed by atoms with E-state index in [0.29, 0.717) is 40.8 Å². The fourth-order valence-electron chi connectivity index (χ4n) is 3.43. The van der Waals surface area contributed by atoms with Gasteiger partial charge in [0.05, 0.1) is 18.6 Å². The zero-order valence-electron chi connectivity index (χ0n) is 15.7. The van der Waals surface area contributed by atoms with Crippen LogP contribution in [0.25, 0.3) is 22.1 Å². The smallest absolute Gasteiger partial charge is 0.303 e. The molecule has 1 aromatic heterocycles. The van der Waals surface area contributed by atoms with Crippen LogP contribution in [-0.2, 0) is 14.3 Å². The largest absolute Gasteiger partial charge is 0.456 e. The van der Waals surface area contributed by atoms with Gasteiger partial charge in [-0.05, 0) is 11.6 Å². The minimum atomic E-state index is -1.62. The molecule has 1 saturated heterocycles. The lowest BCUT2D eigenvalue weighted by Crippen LogP contribution is -2.28. The first-order valence-electron chi connectivity index (χ1n) is 9.19. The van der Waals surface area contributed by atoms with Crippen LogP contribution in [0.4, 0.5) is 0 Å². The van der Waals surface area contributed by atoms with Crippen molar-refractivity contribution >= 4 is 27.0 Å². The molecule has 2 heterocycles. The van der Waals surface area contributed by atoms with Crippen LogP contribution in [0.3, 0.4) is 0 Å². The number of esters is 1. The Hall–Kier alpha value is -2.57. The third kappa shape index (κ3) is 3.57. The van der Waals surface area contributed by atoms with E-state index < -0.39 is 10.0 Å². The van der Waals surface area contributed by atoms with Crippen LogP contribution in [-0.4, -0.2) is 36.6 Å². The van der Waals surface area contributed by atoms with Gasteiger partial charge in [0, 0.05) is 30.1 Å². The summed E-state index contributed by atoms with van der Waals surface area (Å²) in [6, 6.07) is 17.1. The average molecular weight is 398 g/mol. The Morgan fingerprint density at radius 3 is 2.54 bits per heavy atom. The van der Waals surface area contributed by atoms with Crippen molar-refractivity contribution in [3.63, 3.8) is 0 Å². The third-order valence-electron chi connectivity index (χ3n) is 4.97. The molecule has 3 aromatic rings. The van der Waals surface area contributed by atoms with E-state index in [1.165, 1.54) is 6.92 Å². The number of carbonyl (C=O) groups excluding carboxylic acids is 1. The van der Waals surface area contributed by atoms with Crippen LogP contribution in [0.5, 0.6) is 0 Å². The van der Waals surface area contributed by atoms with Crippen molar-refractivity contribution in [1.82, 2.24) is 0 Å². The SMILES string of the molecule is CC(=O)OCS1(c2cc(=O)c3cccc(-c4ccccc4)c3o2)CCOCC1. The minimum Gasteiger partial charge on any atom is -0.456 e. The number of rotatable bonds is 4. The van der Waals surface area contributed by atoms with Crippen molar-refractivity contribution < 1.29 is 18.7 Å². The number of carbonyl (C=O) groups is 1. The Morgan fingerprint density at radius 2 is 1.82 bits per heavy atom. The molecule has 4 rings (SSSR count). The standard InChI is InChI=1S/C22H22O5S/c1-16(23)26-15-28(12-10-25-11-13-28)21-14-20(24)19-9-5-8-18(22(19)27-21)17-6-3-2-4-7-17/h2-9,14H,10-13,15H2,1H3. The van der Waals surface area contributed by atoms with E-state index in [4.69, 9.17) is 13.9 Å². The molecule has 0 atom stereocenters. The van der Waals surface area contributed by atoms with Gasteiger partial charge in [-0.3, -0.25) is 9.59 Å². The number of hydrogen-bond donors (Lipinski definition) is 0. The summed E-state index contributed by atoms with van der Waals surface area (Å²) in [5, 5.41) is 1.19. The second kappa shape index (κ2) is 7.81. The summed E-state index contributed by atoms with van der Waals surface area (Å²) in [6.45, 7) is 2.54. The van der Waals surface area contributed by atoms with E-state index in [1.807, 2.05) is 42.5 Å². The van der Waals surface area contributed by atoms with Crippen molar-refractivity contribution in [2.45, 2.75) is 12.0 Å². The monoisotopic (exact) mass is 398 g/mol.